The van der Waals surface area contributed by atoms with Gasteiger partial charge in [-0.05, 0) is 54.9 Å². The molecule has 31 heavy (non-hydrogen) atoms. The molecule has 0 aromatic heterocycles. The molecule has 7 heteroatoms. The van der Waals surface area contributed by atoms with Gasteiger partial charge in [0.15, 0.2) is 5.11 Å². The van der Waals surface area contributed by atoms with Crippen molar-refractivity contribution >= 4 is 34.8 Å². The van der Waals surface area contributed by atoms with Gasteiger partial charge in [-0.2, -0.15) is 0 Å². The summed E-state index contributed by atoms with van der Waals surface area (Å²) in [5, 5.41) is 6.15. The number of carbonyl (C=O) groups excluding carboxylic acids is 2. The summed E-state index contributed by atoms with van der Waals surface area (Å²) in [5.74, 6) is 0.412. The van der Waals surface area contributed by atoms with Crippen LogP contribution in [0.4, 0.5) is 5.69 Å². The molecule has 6 nitrogen and oxygen atoms in total. The highest BCUT2D eigenvalue weighted by molar-refractivity contribution is 7.80. The van der Waals surface area contributed by atoms with Gasteiger partial charge < -0.3 is 20.3 Å². The molecule has 164 valence electrons. The van der Waals surface area contributed by atoms with Gasteiger partial charge in [0.2, 0.25) is 5.91 Å². The van der Waals surface area contributed by atoms with E-state index in [0.29, 0.717) is 11.3 Å². The van der Waals surface area contributed by atoms with Crippen molar-refractivity contribution in [2.75, 3.05) is 19.1 Å². The van der Waals surface area contributed by atoms with Crippen molar-refractivity contribution in [3.63, 3.8) is 0 Å². The van der Waals surface area contributed by atoms with Gasteiger partial charge in [0.05, 0.1) is 24.8 Å². The highest BCUT2D eigenvalue weighted by Crippen LogP contribution is 2.22. The van der Waals surface area contributed by atoms with E-state index in [-0.39, 0.29) is 29.4 Å². The minimum Gasteiger partial charge on any atom is -0.497 e. The van der Waals surface area contributed by atoms with Crippen LogP contribution in [0.25, 0.3) is 0 Å². The van der Waals surface area contributed by atoms with Crippen LogP contribution in [0.5, 0.6) is 5.75 Å². The van der Waals surface area contributed by atoms with Crippen molar-refractivity contribution in [1.29, 1.82) is 0 Å². The number of carbonyl (C=O) groups is 2. The van der Waals surface area contributed by atoms with Crippen molar-refractivity contribution in [2.45, 2.75) is 44.6 Å². The number of benzene rings is 2. The van der Waals surface area contributed by atoms with Crippen molar-refractivity contribution in [2.24, 2.45) is 0 Å². The molecule has 0 unspecified atom stereocenters. The average molecular weight is 440 g/mol. The number of methoxy groups -OCH3 is 1. The second-order valence-corrected chi connectivity index (χ2v) is 8.15. The standard InChI is InChI=1S/C24H29N3O3S/c1-27(24(31)26-22(28)16-17-12-14-19(30-2)15-13-17)21-11-7-6-10-20(21)23(29)25-18-8-4-3-5-9-18/h6-7,10-15,18H,3-5,8-9,16H2,1-2H3,(H,25,29)(H,26,28,31). The number of hydrogen-bond donors (Lipinski definition) is 2. The van der Waals surface area contributed by atoms with Crippen LogP contribution in [-0.2, 0) is 11.2 Å². The summed E-state index contributed by atoms with van der Waals surface area (Å²) in [6.45, 7) is 0. The van der Waals surface area contributed by atoms with Crippen LogP contribution in [0.1, 0.15) is 48.0 Å². The number of ether oxygens (including phenoxy) is 1. The van der Waals surface area contributed by atoms with Crippen LogP contribution in [-0.4, -0.2) is 37.1 Å². The Morgan fingerprint density at radius 1 is 1.06 bits per heavy atom. The molecule has 0 saturated heterocycles. The van der Waals surface area contributed by atoms with Crippen LogP contribution < -0.4 is 20.3 Å². The summed E-state index contributed by atoms with van der Waals surface area (Å²) >= 11 is 5.44. The highest BCUT2D eigenvalue weighted by Gasteiger charge is 2.21. The molecule has 2 amide bonds. The van der Waals surface area contributed by atoms with Gasteiger partial charge in [-0.25, -0.2) is 0 Å². The van der Waals surface area contributed by atoms with Gasteiger partial charge in [0.1, 0.15) is 5.75 Å². The summed E-state index contributed by atoms with van der Waals surface area (Å²) in [6.07, 6.45) is 5.76. The first-order valence-electron chi connectivity index (χ1n) is 10.6. The van der Waals surface area contributed by atoms with E-state index < -0.39 is 0 Å². The zero-order valence-corrected chi connectivity index (χ0v) is 18.8. The van der Waals surface area contributed by atoms with E-state index in [0.717, 1.165) is 37.0 Å². The molecule has 2 aromatic rings. The molecule has 0 atom stereocenters. The fourth-order valence-corrected chi connectivity index (χ4v) is 3.97. The Balaban J connectivity index is 1.63. The van der Waals surface area contributed by atoms with Crippen molar-refractivity contribution in [3.8, 4) is 5.75 Å². The molecule has 3 rings (SSSR count). The Labute approximate surface area is 189 Å². The smallest absolute Gasteiger partial charge is 0.253 e. The normalized spacial score (nSPS) is 13.9. The van der Waals surface area contributed by atoms with E-state index in [1.807, 2.05) is 42.5 Å². The van der Waals surface area contributed by atoms with Crippen LogP contribution in [0.2, 0.25) is 0 Å². The third-order valence-corrected chi connectivity index (χ3v) is 5.90. The van der Waals surface area contributed by atoms with Crippen molar-refractivity contribution in [1.82, 2.24) is 10.6 Å². The monoisotopic (exact) mass is 439 g/mol. The Bertz CT molecular complexity index is 924. The largest absolute Gasteiger partial charge is 0.497 e. The topological polar surface area (TPSA) is 70.7 Å². The minimum atomic E-state index is -0.217. The lowest BCUT2D eigenvalue weighted by atomic mass is 9.95. The number of para-hydroxylation sites is 1. The Hall–Kier alpha value is -2.93. The van der Waals surface area contributed by atoms with E-state index in [1.165, 1.54) is 6.42 Å². The van der Waals surface area contributed by atoms with Gasteiger partial charge in [-0.3, -0.25) is 9.59 Å². The number of thiocarbonyl (C=S) groups is 1. The number of hydrogen-bond acceptors (Lipinski definition) is 4. The molecule has 2 aromatic carbocycles. The Morgan fingerprint density at radius 3 is 2.42 bits per heavy atom. The Kier molecular flexibility index (Phi) is 8.00. The van der Waals surface area contributed by atoms with Gasteiger partial charge in [-0.15, -0.1) is 0 Å². The van der Waals surface area contributed by atoms with Crippen LogP contribution in [0, 0.1) is 0 Å². The van der Waals surface area contributed by atoms with Gasteiger partial charge in [0.25, 0.3) is 5.91 Å². The third-order valence-electron chi connectivity index (χ3n) is 5.53. The third kappa shape index (κ3) is 6.28. The van der Waals surface area contributed by atoms with Crippen LogP contribution >= 0.6 is 12.2 Å². The lowest BCUT2D eigenvalue weighted by Crippen LogP contribution is -2.42. The number of anilines is 1. The maximum absolute atomic E-state index is 12.9. The first-order chi connectivity index (χ1) is 15.0. The van der Waals surface area contributed by atoms with Crippen LogP contribution in [0.3, 0.4) is 0 Å². The lowest BCUT2D eigenvalue weighted by Gasteiger charge is -2.26. The molecular formula is C24H29N3O3S. The fraction of sp³-hybridized carbons (Fsp3) is 0.375. The highest BCUT2D eigenvalue weighted by atomic mass is 32.1. The zero-order chi connectivity index (χ0) is 22.2. The lowest BCUT2D eigenvalue weighted by molar-refractivity contribution is -0.119. The van der Waals surface area contributed by atoms with Crippen molar-refractivity contribution < 1.29 is 14.3 Å². The maximum atomic E-state index is 12.9. The summed E-state index contributed by atoms with van der Waals surface area (Å²) in [4.78, 5) is 27.0. The second-order valence-electron chi connectivity index (χ2n) is 7.76. The minimum absolute atomic E-state index is 0.110. The summed E-state index contributed by atoms with van der Waals surface area (Å²) in [6, 6.07) is 14.8. The molecular weight excluding hydrogens is 410 g/mol. The predicted octanol–water partition coefficient (Wildman–Crippen LogP) is 3.84. The quantitative estimate of drug-likeness (QED) is 0.670. The first-order valence-corrected chi connectivity index (χ1v) is 11.0. The van der Waals surface area contributed by atoms with E-state index in [1.54, 1.807) is 25.1 Å². The van der Waals surface area contributed by atoms with Gasteiger partial charge in [0, 0.05) is 13.1 Å². The molecule has 0 spiro atoms. The van der Waals surface area contributed by atoms with E-state index in [4.69, 9.17) is 17.0 Å². The van der Waals surface area contributed by atoms with Crippen molar-refractivity contribution in [3.05, 3.63) is 59.7 Å². The average Bonchev–Trinajstić information content (AvgIpc) is 2.79. The van der Waals surface area contributed by atoms with Crippen LogP contribution in [0.15, 0.2) is 48.5 Å². The molecule has 2 N–H and O–H groups in total. The number of nitrogens with zero attached hydrogens (tertiary/aromatic N) is 1. The SMILES string of the molecule is COc1ccc(CC(=O)NC(=S)N(C)c2ccccc2C(=O)NC2CCCCC2)cc1. The summed E-state index contributed by atoms with van der Waals surface area (Å²) in [7, 11) is 3.35. The summed E-state index contributed by atoms with van der Waals surface area (Å²) < 4.78 is 5.14. The molecule has 0 radical (unpaired) electrons. The first kappa shape index (κ1) is 22.7. The zero-order valence-electron chi connectivity index (χ0n) is 18.0. The molecule has 1 saturated carbocycles. The van der Waals surface area contributed by atoms with E-state index in [2.05, 4.69) is 10.6 Å². The van der Waals surface area contributed by atoms with E-state index >= 15 is 0 Å². The number of amides is 2. The fourth-order valence-electron chi connectivity index (χ4n) is 3.75. The molecule has 1 fully saturated rings. The molecule has 0 aliphatic heterocycles. The number of nitrogens with one attached hydrogen (secondary N) is 2. The molecule has 0 bridgehead atoms. The number of rotatable bonds is 6. The maximum Gasteiger partial charge on any atom is 0.253 e. The summed E-state index contributed by atoms with van der Waals surface area (Å²) in [5.41, 5.74) is 2.06. The molecule has 1 aliphatic rings. The second kappa shape index (κ2) is 10.9. The van der Waals surface area contributed by atoms with Gasteiger partial charge in [-0.1, -0.05) is 43.5 Å². The van der Waals surface area contributed by atoms with E-state index in [9.17, 15) is 9.59 Å². The molecule has 1 aliphatic carbocycles. The van der Waals surface area contributed by atoms with Gasteiger partial charge >= 0.3 is 0 Å². The Morgan fingerprint density at radius 2 is 1.74 bits per heavy atom. The molecule has 0 heterocycles. The predicted molar refractivity (Wildman–Crippen MR) is 127 cm³/mol.